The Hall–Kier alpha value is -1.35. The molecule has 2 aromatic rings. The smallest absolute Gasteiger partial charge is 0.116 e. The molecule has 16 heavy (non-hydrogen) atoms. The fourth-order valence-corrected chi connectivity index (χ4v) is 2.31. The Bertz CT molecular complexity index is 535. The second kappa shape index (κ2) is 3.32. The highest BCUT2D eigenvalue weighted by Gasteiger charge is 2.29. The quantitative estimate of drug-likeness (QED) is 0.836. The molecule has 0 radical (unpaired) electrons. The standard InChI is InChI=1S/C13H17N3/c1-8-4-3-7-16-12(8)11(9(2)14)15-13(16)10-5-6-10/h3-4,7,9-10H,5-6,14H2,1-2H3. The van der Waals surface area contributed by atoms with Crippen LogP contribution < -0.4 is 5.73 Å². The van der Waals surface area contributed by atoms with Gasteiger partial charge in [-0.25, -0.2) is 4.98 Å². The molecule has 1 unspecified atom stereocenters. The van der Waals surface area contributed by atoms with Crippen molar-refractivity contribution in [3.8, 4) is 0 Å². The number of nitrogens with zero attached hydrogens (tertiary/aromatic N) is 2. The lowest BCUT2D eigenvalue weighted by molar-refractivity contribution is 0.786. The van der Waals surface area contributed by atoms with E-state index in [0.29, 0.717) is 5.92 Å². The van der Waals surface area contributed by atoms with Crippen molar-refractivity contribution >= 4 is 5.52 Å². The van der Waals surface area contributed by atoms with Crippen LogP contribution in [0.4, 0.5) is 0 Å². The Balaban J connectivity index is 2.33. The van der Waals surface area contributed by atoms with Crippen molar-refractivity contribution in [1.29, 1.82) is 0 Å². The molecule has 84 valence electrons. The number of fused-ring (bicyclic) bond motifs is 1. The average Bonchev–Trinajstić information content (AvgIpc) is 2.99. The van der Waals surface area contributed by atoms with Crippen LogP contribution in [0.25, 0.3) is 5.52 Å². The van der Waals surface area contributed by atoms with Gasteiger partial charge in [0.2, 0.25) is 0 Å². The molecule has 3 nitrogen and oxygen atoms in total. The summed E-state index contributed by atoms with van der Waals surface area (Å²) in [5, 5.41) is 0. The normalized spacial score (nSPS) is 17.9. The zero-order chi connectivity index (χ0) is 11.3. The third kappa shape index (κ3) is 1.35. The molecule has 1 aliphatic rings. The first-order chi connectivity index (χ1) is 7.68. The first-order valence-corrected chi connectivity index (χ1v) is 5.91. The van der Waals surface area contributed by atoms with E-state index in [2.05, 4.69) is 29.7 Å². The Morgan fingerprint density at radius 3 is 2.88 bits per heavy atom. The third-order valence-corrected chi connectivity index (χ3v) is 3.29. The lowest BCUT2D eigenvalue weighted by atomic mass is 10.1. The van der Waals surface area contributed by atoms with Crippen molar-refractivity contribution in [3.63, 3.8) is 0 Å². The largest absolute Gasteiger partial charge is 0.323 e. The highest BCUT2D eigenvalue weighted by atomic mass is 15.0. The fourth-order valence-electron chi connectivity index (χ4n) is 2.31. The van der Waals surface area contributed by atoms with E-state index in [9.17, 15) is 0 Å². The van der Waals surface area contributed by atoms with Crippen LogP contribution in [0.2, 0.25) is 0 Å². The Morgan fingerprint density at radius 2 is 2.25 bits per heavy atom. The molecule has 0 saturated heterocycles. The van der Waals surface area contributed by atoms with E-state index in [-0.39, 0.29) is 6.04 Å². The number of imidazole rings is 1. The van der Waals surface area contributed by atoms with Crippen molar-refractivity contribution in [2.24, 2.45) is 5.73 Å². The molecule has 1 saturated carbocycles. The highest BCUT2D eigenvalue weighted by Crippen LogP contribution is 2.40. The monoisotopic (exact) mass is 215 g/mol. The summed E-state index contributed by atoms with van der Waals surface area (Å²) in [6.07, 6.45) is 4.64. The summed E-state index contributed by atoms with van der Waals surface area (Å²) in [5.74, 6) is 1.85. The molecule has 0 spiro atoms. The van der Waals surface area contributed by atoms with Crippen LogP contribution in [-0.4, -0.2) is 9.38 Å². The Labute approximate surface area is 95.3 Å². The van der Waals surface area contributed by atoms with Gasteiger partial charge in [0, 0.05) is 18.2 Å². The number of hydrogen-bond donors (Lipinski definition) is 1. The van der Waals surface area contributed by atoms with Crippen LogP contribution in [0.15, 0.2) is 18.3 Å². The summed E-state index contributed by atoms with van der Waals surface area (Å²) in [6.45, 7) is 4.13. The van der Waals surface area contributed by atoms with E-state index in [1.807, 2.05) is 6.92 Å². The van der Waals surface area contributed by atoms with Gasteiger partial charge < -0.3 is 10.1 Å². The van der Waals surface area contributed by atoms with Crippen LogP contribution in [0.1, 0.15) is 48.8 Å². The average molecular weight is 215 g/mol. The van der Waals surface area contributed by atoms with E-state index in [0.717, 1.165) is 5.69 Å². The molecule has 0 aliphatic heterocycles. The number of pyridine rings is 1. The zero-order valence-corrected chi connectivity index (χ0v) is 9.77. The molecule has 2 aromatic heterocycles. The number of hydrogen-bond acceptors (Lipinski definition) is 2. The molecule has 0 aromatic carbocycles. The summed E-state index contributed by atoms with van der Waals surface area (Å²) < 4.78 is 2.23. The van der Waals surface area contributed by atoms with Gasteiger partial charge in [-0.2, -0.15) is 0 Å². The molecular weight excluding hydrogens is 198 g/mol. The molecule has 3 heteroatoms. The molecule has 3 rings (SSSR count). The van der Waals surface area contributed by atoms with Gasteiger partial charge in [0.05, 0.1) is 11.2 Å². The van der Waals surface area contributed by atoms with Gasteiger partial charge in [0.15, 0.2) is 0 Å². The van der Waals surface area contributed by atoms with Crippen LogP contribution >= 0.6 is 0 Å². The highest BCUT2D eigenvalue weighted by molar-refractivity contribution is 5.61. The van der Waals surface area contributed by atoms with Gasteiger partial charge in [0.1, 0.15) is 5.82 Å². The Kier molecular flexibility index (Phi) is 2.04. The summed E-state index contributed by atoms with van der Waals surface area (Å²) in [5.41, 5.74) is 9.51. The van der Waals surface area contributed by atoms with Crippen LogP contribution in [0.5, 0.6) is 0 Å². The second-order valence-electron chi connectivity index (χ2n) is 4.83. The number of nitrogens with two attached hydrogens (primary N) is 1. The van der Waals surface area contributed by atoms with E-state index in [1.165, 1.54) is 29.7 Å². The van der Waals surface area contributed by atoms with Gasteiger partial charge in [0.25, 0.3) is 0 Å². The molecule has 0 amide bonds. The molecule has 2 heterocycles. The van der Waals surface area contributed by atoms with Gasteiger partial charge in [-0.1, -0.05) is 6.07 Å². The maximum absolute atomic E-state index is 6.01. The van der Waals surface area contributed by atoms with Gasteiger partial charge in [-0.3, -0.25) is 0 Å². The predicted octanol–water partition coefficient (Wildman–Crippen LogP) is 2.54. The summed E-state index contributed by atoms with van der Waals surface area (Å²) in [4.78, 5) is 4.75. The van der Waals surface area contributed by atoms with Crippen molar-refractivity contribution in [1.82, 2.24) is 9.38 Å². The minimum absolute atomic E-state index is 0.00333. The molecule has 1 atom stereocenters. The SMILES string of the molecule is Cc1cccn2c(C3CC3)nc(C(C)N)c12. The predicted molar refractivity (Wildman–Crippen MR) is 64.5 cm³/mol. The minimum Gasteiger partial charge on any atom is -0.323 e. The van der Waals surface area contributed by atoms with E-state index in [1.54, 1.807) is 0 Å². The number of rotatable bonds is 2. The lowest BCUT2D eigenvalue weighted by Crippen LogP contribution is -2.06. The molecule has 1 aliphatic carbocycles. The first kappa shape index (κ1) is 9.85. The van der Waals surface area contributed by atoms with Crippen molar-refractivity contribution in [2.45, 2.75) is 38.6 Å². The molecule has 2 N–H and O–H groups in total. The van der Waals surface area contributed by atoms with E-state index in [4.69, 9.17) is 10.7 Å². The van der Waals surface area contributed by atoms with E-state index < -0.39 is 0 Å². The van der Waals surface area contributed by atoms with Crippen LogP contribution in [0, 0.1) is 6.92 Å². The minimum atomic E-state index is 0.00333. The maximum atomic E-state index is 6.01. The van der Waals surface area contributed by atoms with Crippen molar-refractivity contribution in [3.05, 3.63) is 35.4 Å². The third-order valence-electron chi connectivity index (χ3n) is 3.29. The van der Waals surface area contributed by atoms with Crippen molar-refractivity contribution in [2.75, 3.05) is 0 Å². The van der Waals surface area contributed by atoms with E-state index >= 15 is 0 Å². The van der Waals surface area contributed by atoms with Crippen molar-refractivity contribution < 1.29 is 0 Å². The first-order valence-electron chi connectivity index (χ1n) is 5.91. The molecule has 0 bridgehead atoms. The molecule has 1 fully saturated rings. The lowest BCUT2D eigenvalue weighted by Gasteiger charge is -2.04. The summed E-state index contributed by atoms with van der Waals surface area (Å²) >= 11 is 0. The Morgan fingerprint density at radius 1 is 1.50 bits per heavy atom. The topological polar surface area (TPSA) is 43.3 Å². The molecular formula is C13H17N3. The van der Waals surface area contributed by atoms with Crippen LogP contribution in [0.3, 0.4) is 0 Å². The fraction of sp³-hybridized carbons (Fsp3) is 0.462. The van der Waals surface area contributed by atoms with Gasteiger partial charge in [-0.15, -0.1) is 0 Å². The maximum Gasteiger partial charge on any atom is 0.116 e. The zero-order valence-electron chi connectivity index (χ0n) is 9.77. The van der Waals surface area contributed by atoms with Crippen LogP contribution in [-0.2, 0) is 0 Å². The summed E-state index contributed by atoms with van der Waals surface area (Å²) in [6, 6.07) is 4.21. The number of aryl methyl sites for hydroxylation is 1. The second-order valence-corrected chi connectivity index (χ2v) is 4.83. The van der Waals surface area contributed by atoms with Gasteiger partial charge in [-0.05, 0) is 38.3 Å². The number of aromatic nitrogens is 2. The van der Waals surface area contributed by atoms with Gasteiger partial charge >= 0.3 is 0 Å². The summed E-state index contributed by atoms with van der Waals surface area (Å²) in [7, 11) is 0.